The lowest BCUT2D eigenvalue weighted by Crippen LogP contribution is -2.00. The molecule has 0 unspecified atom stereocenters. The van der Waals surface area contributed by atoms with E-state index in [4.69, 9.17) is 14.3 Å². The summed E-state index contributed by atoms with van der Waals surface area (Å²) in [5, 5.41) is 8.97. The first-order chi connectivity index (χ1) is 10.5. The number of aromatic carboxylic acids is 1. The number of hydrogen-bond acceptors (Lipinski definition) is 5. The molecule has 2 aromatic carbocycles. The fourth-order valence-electron chi connectivity index (χ4n) is 2.02. The molecule has 0 aliphatic carbocycles. The molecule has 0 saturated carbocycles. The van der Waals surface area contributed by atoms with Crippen molar-refractivity contribution in [1.82, 2.24) is 4.98 Å². The zero-order valence-electron chi connectivity index (χ0n) is 11.6. The number of aromatic nitrogens is 1. The molecule has 1 aromatic heterocycles. The Balaban J connectivity index is 1.95. The average Bonchev–Trinajstić information content (AvgIpc) is 2.90. The van der Waals surface area contributed by atoms with E-state index < -0.39 is 11.9 Å². The van der Waals surface area contributed by atoms with Crippen LogP contribution in [0.4, 0.5) is 0 Å². The summed E-state index contributed by atoms with van der Waals surface area (Å²) in [4.78, 5) is 26.1. The van der Waals surface area contributed by atoms with E-state index in [1.165, 1.54) is 19.1 Å². The molecule has 0 saturated heterocycles. The Morgan fingerprint density at radius 3 is 2.50 bits per heavy atom. The molecule has 1 N–H and O–H groups in total. The molecule has 0 fully saturated rings. The highest BCUT2D eigenvalue weighted by Gasteiger charge is 2.11. The second-order valence-electron chi connectivity index (χ2n) is 4.62. The second kappa shape index (κ2) is 5.33. The number of carbonyl (C=O) groups is 2. The number of carboxylic acids is 1. The number of rotatable bonds is 3. The summed E-state index contributed by atoms with van der Waals surface area (Å²) in [6, 6.07) is 11.2. The highest BCUT2D eigenvalue weighted by Crippen LogP contribution is 2.26. The van der Waals surface area contributed by atoms with Crippen LogP contribution >= 0.6 is 0 Å². The van der Waals surface area contributed by atoms with E-state index in [0.29, 0.717) is 28.3 Å². The number of carbonyl (C=O) groups excluding carboxylic acids is 1. The quantitative estimate of drug-likeness (QED) is 0.590. The van der Waals surface area contributed by atoms with Crippen LogP contribution in [-0.4, -0.2) is 22.0 Å². The second-order valence-corrected chi connectivity index (χ2v) is 4.62. The monoisotopic (exact) mass is 297 g/mol. The van der Waals surface area contributed by atoms with Gasteiger partial charge in [0.2, 0.25) is 5.89 Å². The third-order valence-electron chi connectivity index (χ3n) is 3.00. The third kappa shape index (κ3) is 2.67. The van der Waals surface area contributed by atoms with Crippen molar-refractivity contribution in [2.45, 2.75) is 6.92 Å². The van der Waals surface area contributed by atoms with E-state index in [1.54, 1.807) is 30.3 Å². The predicted molar refractivity (Wildman–Crippen MR) is 77.7 cm³/mol. The van der Waals surface area contributed by atoms with E-state index in [9.17, 15) is 9.59 Å². The lowest BCUT2D eigenvalue weighted by atomic mass is 10.2. The third-order valence-corrected chi connectivity index (χ3v) is 3.00. The molecule has 1 heterocycles. The highest BCUT2D eigenvalue weighted by atomic mass is 16.5. The van der Waals surface area contributed by atoms with Crippen LogP contribution in [0.1, 0.15) is 17.3 Å². The van der Waals surface area contributed by atoms with E-state index in [-0.39, 0.29) is 5.56 Å². The molecular weight excluding hydrogens is 286 g/mol. The molecule has 6 nitrogen and oxygen atoms in total. The molecule has 0 atom stereocenters. The number of nitrogens with zero attached hydrogens (tertiary/aromatic N) is 1. The zero-order valence-corrected chi connectivity index (χ0v) is 11.6. The number of carboxylic acid groups (broad SMARTS) is 1. The SMILES string of the molecule is CC(=O)Oc1ccc(-c2nc3cc(C(=O)O)ccc3o2)cc1. The summed E-state index contributed by atoms with van der Waals surface area (Å²) in [5.41, 5.74) is 1.82. The summed E-state index contributed by atoms with van der Waals surface area (Å²) in [6.07, 6.45) is 0. The summed E-state index contributed by atoms with van der Waals surface area (Å²) >= 11 is 0. The van der Waals surface area contributed by atoms with Crippen molar-refractivity contribution in [3.63, 3.8) is 0 Å². The first-order valence-corrected chi connectivity index (χ1v) is 6.45. The maximum absolute atomic E-state index is 10.9. The Morgan fingerprint density at radius 1 is 1.14 bits per heavy atom. The highest BCUT2D eigenvalue weighted by molar-refractivity contribution is 5.92. The Bertz CT molecular complexity index is 864. The van der Waals surface area contributed by atoms with Crippen molar-refractivity contribution in [3.05, 3.63) is 48.0 Å². The maximum atomic E-state index is 10.9. The van der Waals surface area contributed by atoms with Gasteiger partial charge in [0, 0.05) is 12.5 Å². The molecule has 0 aliphatic heterocycles. The van der Waals surface area contributed by atoms with Gasteiger partial charge in [0.25, 0.3) is 0 Å². The molecule has 0 amide bonds. The fraction of sp³-hybridized carbons (Fsp3) is 0.0625. The van der Waals surface area contributed by atoms with Crippen LogP contribution < -0.4 is 4.74 Å². The number of esters is 1. The summed E-state index contributed by atoms with van der Waals surface area (Å²) in [7, 11) is 0. The largest absolute Gasteiger partial charge is 0.478 e. The van der Waals surface area contributed by atoms with Gasteiger partial charge in [-0.15, -0.1) is 0 Å². The summed E-state index contributed by atoms with van der Waals surface area (Å²) in [5.74, 6) is -0.611. The number of hydrogen-bond donors (Lipinski definition) is 1. The van der Waals surface area contributed by atoms with Crippen molar-refractivity contribution >= 4 is 23.0 Å². The first-order valence-electron chi connectivity index (χ1n) is 6.45. The van der Waals surface area contributed by atoms with Crippen LogP contribution in [-0.2, 0) is 4.79 Å². The van der Waals surface area contributed by atoms with Crippen molar-refractivity contribution in [3.8, 4) is 17.2 Å². The number of oxazole rings is 1. The molecule has 6 heteroatoms. The van der Waals surface area contributed by atoms with Gasteiger partial charge in [-0.05, 0) is 42.5 Å². The van der Waals surface area contributed by atoms with Crippen LogP contribution in [0.15, 0.2) is 46.9 Å². The lowest BCUT2D eigenvalue weighted by molar-refractivity contribution is -0.131. The standard InChI is InChI=1S/C16H11NO5/c1-9(18)21-12-5-2-10(3-6-12)15-17-13-8-11(16(19)20)4-7-14(13)22-15/h2-8H,1H3,(H,19,20). The van der Waals surface area contributed by atoms with Gasteiger partial charge in [-0.1, -0.05) is 0 Å². The van der Waals surface area contributed by atoms with Crippen LogP contribution in [0.3, 0.4) is 0 Å². The van der Waals surface area contributed by atoms with Gasteiger partial charge in [-0.2, -0.15) is 0 Å². The van der Waals surface area contributed by atoms with Gasteiger partial charge < -0.3 is 14.3 Å². The van der Waals surface area contributed by atoms with Crippen molar-refractivity contribution < 1.29 is 23.8 Å². The number of fused-ring (bicyclic) bond motifs is 1. The molecule has 22 heavy (non-hydrogen) atoms. The molecule has 0 aliphatic rings. The van der Waals surface area contributed by atoms with E-state index >= 15 is 0 Å². The molecule has 110 valence electrons. The summed E-state index contributed by atoms with van der Waals surface area (Å²) < 4.78 is 10.5. The van der Waals surface area contributed by atoms with Crippen molar-refractivity contribution in [1.29, 1.82) is 0 Å². The average molecular weight is 297 g/mol. The minimum absolute atomic E-state index is 0.151. The number of ether oxygens (including phenoxy) is 1. The van der Waals surface area contributed by atoms with Gasteiger partial charge in [0.15, 0.2) is 5.58 Å². The van der Waals surface area contributed by atoms with Crippen LogP contribution in [0.5, 0.6) is 5.75 Å². The topological polar surface area (TPSA) is 89.6 Å². The molecule has 0 bridgehead atoms. The predicted octanol–water partition coefficient (Wildman–Crippen LogP) is 3.12. The van der Waals surface area contributed by atoms with Gasteiger partial charge in [-0.25, -0.2) is 9.78 Å². The zero-order chi connectivity index (χ0) is 15.7. The normalized spacial score (nSPS) is 10.6. The van der Waals surface area contributed by atoms with Gasteiger partial charge in [0.05, 0.1) is 5.56 Å². The van der Waals surface area contributed by atoms with E-state index in [1.807, 2.05) is 0 Å². The molecule has 3 aromatic rings. The van der Waals surface area contributed by atoms with Gasteiger partial charge in [0.1, 0.15) is 11.3 Å². The minimum Gasteiger partial charge on any atom is -0.478 e. The molecule has 0 radical (unpaired) electrons. The fourth-order valence-corrected chi connectivity index (χ4v) is 2.02. The lowest BCUT2D eigenvalue weighted by Gasteiger charge is -2.01. The van der Waals surface area contributed by atoms with Crippen LogP contribution in [0, 0.1) is 0 Å². The molecule has 0 spiro atoms. The Hall–Kier alpha value is -3.15. The van der Waals surface area contributed by atoms with Gasteiger partial charge in [-0.3, -0.25) is 4.79 Å². The Labute approximate surface area is 125 Å². The molecular formula is C16H11NO5. The maximum Gasteiger partial charge on any atom is 0.335 e. The van der Waals surface area contributed by atoms with Crippen molar-refractivity contribution in [2.75, 3.05) is 0 Å². The first kappa shape index (κ1) is 13.8. The number of benzene rings is 2. The van der Waals surface area contributed by atoms with Crippen LogP contribution in [0.25, 0.3) is 22.6 Å². The minimum atomic E-state index is -1.02. The Kier molecular flexibility index (Phi) is 3.34. The molecule has 3 rings (SSSR count). The smallest absolute Gasteiger partial charge is 0.335 e. The van der Waals surface area contributed by atoms with Crippen molar-refractivity contribution in [2.24, 2.45) is 0 Å². The van der Waals surface area contributed by atoms with E-state index in [0.717, 1.165) is 0 Å². The summed E-state index contributed by atoms with van der Waals surface area (Å²) in [6.45, 7) is 1.33. The van der Waals surface area contributed by atoms with Crippen LogP contribution in [0.2, 0.25) is 0 Å². The Morgan fingerprint density at radius 2 is 1.86 bits per heavy atom. The van der Waals surface area contributed by atoms with Gasteiger partial charge >= 0.3 is 11.9 Å². The van der Waals surface area contributed by atoms with E-state index in [2.05, 4.69) is 4.98 Å².